The van der Waals surface area contributed by atoms with Crippen LogP contribution in [0.4, 0.5) is 4.79 Å². The molecule has 0 unspecified atom stereocenters. The predicted octanol–water partition coefficient (Wildman–Crippen LogP) is 0.918. The highest BCUT2D eigenvalue weighted by Gasteiger charge is 2.33. The molecule has 0 bridgehead atoms. The Balaban J connectivity index is 0.00000312. The van der Waals surface area contributed by atoms with Crippen molar-refractivity contribution in [2.75, 3.05) is 46.9 Å². The van der Waals surface area contributed by atoms with Crippen LogP contribution in [0.3, 0.4) is 0 Å². The quantitative estimate of drug-likeness (QED) is 0.214. The zero-order valence-electron chi connectivity index (χ0n) is 15.1. The molecule has 2 aliphatic rings. The minimum absolute atomic E-state index is 0. The maximum Gasteiger partial charge on any atom is 0.324 e. The van der Waals surface area contributed by atoms with Crippen molar-refractivity contribution in [2.45, 2.75) is 32.1 Å². The Hall–Kier alpha value is -1.10. The molecule has 1 aliphatic carbocycles. The average molecular weight is 467 g/mol. The van der Waals surface area contributed by atoms with Gasteiger partial charge in [0, 0.05) is 40.4 Å². The molecule has 144 valence electrons. The van der Waals surface area contributed by atoms with Gasteiger partial charge in [-0.15, -0.1) is 24.0 Å². The van der Waals surface area contributed by atoms with Crippen molar-refractivity contribution in [1.82, 2.24) is 20.9 Å². The number of methoxy groups -OCH3 is 1. The fourth-order valence-corrected chi connectivity index (χ4v) is 3.42. The molecule has 0 radical (unpaired) electrons. The molecule has 9 heteroatoms. The molecule has 8 nitrogen and oxygen atoms in total. The maximum atomic E-state index is 11.5. The van der Waals surface area contributed by atoms with E-state index in [0.29, 0.717) is 19.0 Å². The molecule has 2 rings (SSSR count). The number of rotatable bonds is 8. The first kappa shape index (κ1) is 21.9. The predicted molar refractivity (Wildman–Crippen MR) is 107 cm³/mol. The second-order valence-corrected chi connectivity index (χ2v) is 6.51. The van der Waals surface area contributed by atoms with Crippen molar-refractivity contribution in [1.29, 1.82) is 0 Å². The third kappa shape index (κ3) is 6.28. The molecule has 1 saturated carbocycles. The summed E-state index contributed by atoms with van der Waals surface area (Å²) in [5.74, 6) is 0.514. The Morgan fingerprint density at radius 1 is 1.32 bits per heavy atom. The lowest BCUT2D eigenvalue weighted by atomic mass is 9.83. The number of amides is 3. The molecule has 25 heavy (non-hydrogen) atoms. The van der Waals surface area contributed by atoms with Crippen LogP contribution in [0.25, 0.3) is 0 Å². The van der Waals surface area contributed by atoms with Crippen molar-refractivity contribution in [3.05, 3.63) is 0 Å². The minimum atomic E-state index is -0.325. The van der Waals surface area contributed by atoms with Gasteiger partial charge in [0.2, 0.25) is 5.91 Å². The van der Waals surface area contributed by atoms with Crippen LogP contribution in [0.15, 0.2) is 4.99 Å². The van der Waals surface area contributed by atoms with E-state index in [0.717, 1.165) is 19.6 Å². The van der Waals surface area contributed by atoms with Crippen molar-refractivity contribution in [3.8, 4) is 0 Å². The molecule has 1 heterocycles. The van der Waals surface area contributed by atoms with Crippen LogP contribution in [-0.4, -0.2) is 69.7 Å². The van der Waals surface area contributed by atoms with Gasteiger partial charge in [-0.2, -0.15) is 0 Å². The fraction of sp³-hybridized carbons (Fsp3) is 0.812. The number of halogens is 1. The molecular formula is C16H30IN5O3. The van der Waals surface area contributed by atoms with Gasteiger partial charge >= 0.3 is 6.03 Å². The highest BCUT2D eigenvalue weighted by molar-refractivity contribution is 14.0. The monoisotopic (exact) mass is 467 g/mol. The van der Waals surface area contributed by atoms with Crippen LogP contribution in [-0.2, 0) is 9.53 Å². The highest BCUT2D eigenvalue weighted by atomic mass is 127. The SMILES string of the molecule is CN=C(NCCN1C(=O)CNC1=O)NCC1(CCOC)CCCC1.I. The molecule has 1 saturated heterocycles. The number of urea groups is 1. The first-order valence-electron chi connectivity index (χ1n) is 8.62. The van der Waals surface area contributed by atoms with E-state index in [-0.39, 0.29) is 47.9 Å². The first-order valence-corrected chi connectivity index (χ1v) is 8.62. The Morgan fingerprint density at radius 2 is 2.04 bits per heavy atom. The number of aliphatic imine (C=N–C) groups is 1. The number of ether oxygens (including phenoxy) is 1. The van der Waals surface area contributed by atoms with E-state index in [4.69, 9.17) is 4.74 Å². The van der Waals surface area contributed by atoms with E-state index in [1.165, 1.54) is 30.6 Å². The van der Waals surface area contributed by atoms with Gasteiger partial charge in [0.05, 0.1) is 6.54 Å². The topological polar surface area (TPSA) is 95.1 Å². The Morgan fingerprint density at radius 3 is 2.60 bits per heavy atom. The number of carbonyl (C=O) groups excluding carboxylic acids is 2. The van der Waals surface area contributed by atoms with Crippen molar-refractivity contribution in [3.63, 3.8) is 0 Å². The van der Waals surface area contributed by atoms with Crippen LogP contribution >= 0.6 is 24.0 Å². The lowest BCUT2D eigenvalue weighted by Crippen LogP contribution is -2.46. The van der Waals surface area contributed by atoms with E-state index in [1.54, 1.807) is 14.2 Å². The Kier molecular flexibility index (Phi) is 9.47. The van der Waals surface area contributed by atoms with Gasteiger partial charge in [-0.1, -0.05) is 12.8 Å². The van der Waals surface area contributed by atoms with Crippen molar-refractivity contribution < 1.29 is 14.3 Å². The molecule has 1 aliphatic heterocycles. The third-order valence-corrected chi connectivity index (χ3v) is 4.92. The van der Waals surface area contributed by atoms with E-state index in [2.05, 4.69) is 20.9 Å². The van der Waals surface area contributed by atoms with E-state index in [1.807, 2.05) is 0 Å². The minimum Gasteiger partial charge on any atom is -0.385 e. The van der Waals surface area contributed by atoms with Gasteiger partial charge in [-0.3, -0.25) is 14.7 Å². The van der Waals surface area contributed by atoms with Crippen LogP contribution < -0.4 is 16.0 Å². The molecule has 2 fully saturated rings. The summed E-state index contributed by atoms with van der Waals surface area (Å²) in [4.78, 5) is 28.5. The summed E-state index contributed by atoms with van der Waals surface area (Å²) in [7, 11) is 3.46. The molecule has 3 amide bonds. The Labute approximate surface area is 166 Å². The third-order valence-electron chi connectivity index (χ3n) is 4.92. The molecule has 0 aromatic rings. The lowest BCUT2D eigenvalue weighted by Gasteiger charge is -2.30. The van der Waals surface area contributed by atoms with Crippen LogP contribution in [0.5, 0.6) is 0 Å². The summed E-state index contributed by atoms with van der Waals surface area (Å²) in [6.45, 7) is 2.54. The standard InChI is InChI=1S/C16H29N5O3.HI/c1-17-14(18-8-9-21-13(22)11-19-15(21)23)20-12-16(7-10-24-2)5-3-4-6-16;/h3-12H2,1-2H3,(H,19,23)(H2,17,18,20);1H. The first-order chi connectivity index (χ1) is 11.6. The van der Waals surface area contributed by atoms with Gasteiger partial charge in [-0.05, 0) is 24.7 Å². The number of nitrogens with zero attached hydrogens (tertiary/aromatic N) is 2. The largest absolute Gasteiger partial charge is 0.385 e. The second-order valence-electron chi connectivity index (χ2n) is 6.51. The summed E-state index contributed by atoms with van der Waals surface area (Å²) in [5.41, 5.74) is 0.276. The lowest BCUT2D eigenvalue weighted by molar-refractivity contribution is -0.124. The molecular weight excluding hydrogens is 437 g/mol. The fourth-order valence-electron chi connectivity index (χ4n) is 3.42. The van der Waals surface area contributed by atoms with Crippen LogP contribution in [0, 0.1) is 5.41 Å². The number of nitrogens with one attached hydrogen (secondary N) is 3. The second kappa shape index (κ2) is 10.8. The number of carbonyl (C=O) groups is 2. The van der Waals surface area contributed by atoms with E-state index in [9.17, 15) is 9.59 Å². The van der Waals surface area contributed by atoms with Gasteiger partial charge in [0.1, 0.15) is 0 Å². The average Bonchev–Trinajstić information content (AvgIpc) is 3.18. The Bertz CT molecular complexity index is 464. The number of hydrogen-bond donors (Lipinski definition) is 3. The summed E-state index contributed by atoms with van der Waals surface area (Å²) in [6.07, 6.45) is 6.01. The summed E-state index contributed by atoms with van der Waals surface area (Å²) >= 11 is 0. The number of imide groups is 1. The highest BCUT2D eigenvalue weighted by Crippen LogP contribution is 2.40. The molecule has 3 N–H and O–H groups in total. The van der Waals surface area contributed by atoms with Crippen LogP contribution in [0.1, 0.15) is 32.1 Å². The summed E-state index contributed by atoms with van der Waals surface area (Å²) < 4.78 is 5.25. The molecule has 0 spiro atoms. The van der Waals surface area contributed by atoms with Gasteiger partial charge < -0.3 is 20.7 Å². The van der Waals surface area contributed by atoms with Crippen molar-refractivity contribution >= 4 is 41.9 Å². The summed E-state index contributed by atoms with van der Waals surface area (Å²) in [6, 6.07) is -0.325. The molecule has 0 atom stereocenters. The maximum absolute atomic E-state index is 11.5. The number of guanidine groups is 1. The van der Waals surface area contributed by atoms with Crippen LogP contribution in [0.2, 0.25) is 0 Å². The molecule has 0 aromatic carbocycles. The van der Waals surface area contributed by atoms with Crippen molar-refractivity contribution in [2.24, 2.45) is 10.4 Å². The summed E-state index contributed by atoms with van der Waals surface area (Å²) in [5, 5.41) is 9.07. The zero-order chi connectivity index (χ0) is 17.4. The van der Waals surface area contributed by atoms with Gasteiger partial charge in [0.25, 0.3) is 0 Å². The van der Waals surface area contributed by atoms with Gasteiger partial charge in [-0.25, -0.2) is 4.79 Å². The van der Waals surface area contributed by atoms with E-state index >= 15 is 0 Å². The van der Waals surface area contributed by atoms with E-state index < -0.39 is 0 Å². The normalized spacial score (nSPS) is 19.6. The smallest absolute Gasteiger partial charge is 0.324 e. The van der Waals surface area contributed by atoms with Gasteiger partial charge in [0.15, 0.2) is 5.96 Å². The zero-order valence-corrected chi connectivity index (χ0v) is 17.4. The number of hydrogen-bond acceptors (Lipinski definition) is 4. The molecule has 0 aromatic heterocycles.